The first-order valence-corrected chi connectivity index (χ1v) is 7.87. The molecule has 106 valence electrons. The van der Waals surface area contributed by atoms with Crippen LogP contribution in [0.1, 0.15) is 5.56 Å². The first-order chi connectivity index (χ1) is 10.8. The van der Waals surface area contributed by atoms with E-state index >= 15 is 0 Å². The van der Waals surface area contributed by atoms with Gasteiger partial charge in [-0.2, -0.15) is 0 Å². The highest BCUT2D eigenvalue weighted by molar-refractivity contribution is 7.15. The molecule has 3 nitrogen and oxygen atoms in total. The van der Waals surface area contributed by atoms with Crippen molar-refractivity contribution in [3.63, 3.8) is 0 Å². The molecule has 22 heavy (non-hydrogen) atoms. The van der Waals surface area contributed by atoms with Crippen molar-refractivity contribution in [1.29, 1.82) is 0 Å². The van der Waals surface area contributed by atoms with Gasteiger partial charge in [0, 0.05) is 17.0 Å². The Balaban J connectivity index is 1.89. The summed E-state index contributed by atoms with van der Waals surface area (Å²) in [5.74, 6) is 0. The molecule has 0 aliphatic carbocycles. The van der Waals surface area contributed by atoms with Crippen molar-refractivity contribution in [1.82, 2.24) is 9.97 Å². The molecule has 4 heteroatoms. The fourth-order valence-electron chi connectivity index (χ4n) is 2.31. The van der Waals surface area contributed by atoms with Crippen LogP contribution in [0.15, 0.2) is 65.8 Å². The van der Waals surface area contributed by atoms with E-state index in [4.69, 9.17) is 4.98 Å². The number of aromatic nitrogens is 2. The highest BCUT2D eigenvalue weighted by atomic mass is 32.1. The van der Waals surface area contributed by atoms with Crippen molar-refractivity contribution >= 4 is 38.1 Å². The normalized spacial score (nSPS) is 12.1. The minimum absolute atomic E-state index is 0.721. The topological polar surface area (TPSA) is 38.1 Å². The molecule has 0 bridgehead atoms. The van der Waals surface area contributed by atoms with Crippen LogP contribution in [-0.4, -0.2) is 9.97 Å². The van der Waals surface area contributed by atoms with Gasteiger partial charge in [0.05, 0.1) is 11.2 Å². The maximum Gasteiger partial charge on any atom is 0.211 e. The van der Waals surface area contributed by atoms with E-state index in [2.05, 4.69) is 41.2 Å². The molecule has 0 aliphatic rings. The van der Waals surface area contributed by atoms with Crippen molar-refractivity contribution in [2.24, 2.45) is 4.99 Å². The van der Waals surface area contributed by atoms with Gasteiger partial charge in [-0.15, -0.1) is 0 Å². The van der Waals surface area contributed by atoms with Crippen LogP contribution in [0.2, 0.25) is 0 Å². The Labute approximate surface area is 131 Å². The first-order valence-electron chi connectivity index (χ1n) is 7.05. The number of hydrogen-bond acceptors (Lipinski definition) is 4. The third kappa shape index (κ3) is 2.49. The Bertz CT molecular complexity index is 1030. The minimum atomic E-state index is 0.721. The predicted octanol–water partition coefficient (Wildman–Crippen LogP) is 4.39. The third-order valence-corrected chi connectivity index (χ3v) is 4.38. The number of rotatable bonds is 1. The van der Waals surface area contributed by atoms with E-state index in [-0.39, 0.29) is 0 Å². The maximum atomic E-state index is 4.71. The number of nitrogens with zero attached hydrogens (tertiary/aromatic N) is 3. The van der Waals surface area contributed by atoms with Crippen LogP contribution < -0.4 is 4.80 Å². The number of para-hydroxylation sites is 1. The molecule has 0 aliphatic heterocycles. The zero-order chi connectivity index (χ0) is 14.9. The van der Waals surface area contributed by atoms with Crippen molar-refractivity contribution in [3.05, 3.63) is 71.2 Å². The first kappa shape index (κ1) is 13.1. The molecule has 4 rings (SSSR count). The lowest BCUT2D eigenvalue weighted by atomic mass is 10.2. The van der Waals surface area contributed by atoms with Gasteiger partial charge in [0.2, 0.25) is 4.80 Å². The summed E-state index contributed by atoms with van der Waals surface area (Å²) in [5, 5.41) is 2.18. The van der Waals surface area contributed by atoms with E-state index in [0.717, 1.165) is 31.6 Å². The molecule has 0 radical (unpaired) electrons. The van der Waals surface area contributed by atoms with Gasteiger partial charge in [-0.1, -0.05) is 47.2 Å². The molecule has 0 amide bonds. The van der Waals surface area contributed by atoms with Crippen molar-refractivity contribution in [2.75, 3.05) is 0 Å². The largest absolute Gasteiger partial charge is 0.237 e. The lowest BCUT2D eigenvalue weighted by Gasteiger charge is -2.00. The molecule has 0 fully saturated rings. The molecule has 2 aromatic carbocycles. The van der Waals surface area contributed by atoms with E-state index < -0.39 is 0 Å². The molecule has 0 unspecified atom stereocenters. The molecule has 2 aromatic heterocycles. The van der Waals surface area contributed by atoms with Gasteiger partial charge in [0.15, 0.2) is 0 Å². The lowest BCUT2D eigenvalue weighted by Crippen LogP contribution is -2.01. The summed E-state index contributed by atoms with van der Waals surface area (Å²) < 4.78 is 0. The van der Waals surface area contributed by atoms with Gasteiger partial charge < -0.3 is 0 Å². The predicted molar refractivity (Wildman–Crippen MR) is 91.3 cm³/mol. The van der Waals surface area contributed by atoms with Crippen LogP contribution >= 0.6 is 11.3 Å². The van der Waals surface area contributed by atoms with Gasteiger partial charge >= 0.3 is 0 Å². The number of benzene rings is 2. The van der Waals surface area contributed by atoms with Gasteiger partial charge in [0.25, 0.3) is 0 Å². The van der Waals surface area contributed by atoms with Crippen LogP contribution in [0.25, 0.3) is 21.1 Å². The minimum Gasteiger partial charge on any atom is -0.237 e. The molecule has 4 aromatic rings. The maximum absolute atomic E-state index is 4.71. The standard InChI is InChI=1S/C18H13N3S/c1-12-6-8-15(9-7-12)20-18-19-11-14-10-13-4-2-3-5-16(13)21-17(14)22-18/h2-11H,1H3. The number of fused-ring (bicyclic) bond motifs is 2. The summed E-state index contributed by atoms with van der Waals surface area (Å²) in [4.78, 5) is 15.4. The summed E-state index contributed by atoms with van der Waals surface area (Å²) in [6.45, 7) is 2.07. The highest BCUT2D eigenvalue weighted by Gasteiger charge is 2.01. The molecule has 0 atom stereocenters. The molecule has 0 spiro atoms. The zero-order valence-corrected chi connectivity index (χ0v) is 12.8. The summed E-state index contributed by atoms with van der Waals surface area (Å²) >= 11 is 1.51. The summed E-state index contributed by atoms with van der Waals surface area (Å²) in [5.41, 5.74) is 3.13. The van der Waals surface area contributed by atoms with E-state index in [1.54, 1.807) is 0 Å². The average molecular weight is 303 g/mol. The van der Waals surface area contributed by atoms with Crippen molar-refractivity contribution in [2.45, 2.75) is 6.92 Å². The van der Waals surface area contributed by atoms with E-state index in [0.29, 0.717) is 0 Å². The monoisotopic (exact) mass is 303 g/mol. The molecule has 0 saturated carbocycles. The highest BCUT2D eigenvalue weighted by Crippen LogP contribution is 2.20. The van der Waals surface area contributed by atoms with Crippen LogP contribution in [-0.2, 0) is 0 Å². The van der Waals surface area contributed by atoms with Crippen LogP contribution in [0.5, 0.6) is 0 Å². The van der Waals surface area contributed by atoms with Gasteiger partial charge in [-0.25, -0.2) is 15.0 Å². The molecule has 2 heterocycles. The zero-order valence-electron chi connectivity index (χ0n) is 12.0. The van der Waals surface area contributed by atoms with Gasteiger partial charge in [0.1, 0.15) is 4.83 Å². The molecule has 0 saturated heterocycles. The van der Waals surface area contributed by atoms with Crippen LogP contribution in [0.3, 0.4) is 0 Å². The Morgan fingerprint density at radius 2 is 1.77 bits per heavy atom. The SMILES string of the molecule is Cc1ccc(N=c2ncc3cc4ccccc4nc3s2)cc1. The summed E-state index contributed by atoms with van der Waals surface area (Å²) in [7, 11) is 0. The van der Waals surface area contributed by atoms with E-state index in [1.165, 1.54) is 16.9 Å². The second-order valence-electron chi connectivity index (χ2n) is 5.17. The van der Waals surface area contributed by atoms with Gasteiger partial charge in [-0.05, 0) is 31.2 Å². The Kier molecular flexibility index (Phi) is 3.16. The summed E-state index contributed by atoms with van der Waals surface area (Å²) in [6.07, 6.45) is 1.85. The Morgan fingerprint density at radius 3 is 2.64 bits per heavy atom. The number of hydrogen-bond donors (Lipinski definition) is 0. The number of pyridine rings is 1. The summed E-state index contributed by atoms with van der Waals surface area (Å²) in [6, 6.07) is 18.3. The molecular weight excluding hydrogens is 290 g/mol. The molecule has 0 N–H and O–H groups in total. The average Bonchev–Trinajstić information content (AvgIpc) is 2.55. The smallest absolute Gasteiger partial charge is 0.211 e. The van der Waals surface area contributed by atoms with E-state index in [1.807, 2.05) is 36.5 Å². The second kappa shape index (κ2) is 5.31. The molecular formula is C18H13N3S. The Hall–Kier alpha value is -2.59. The third-order valence-electron chi connectivity index (χ3n) is 3.48. The Morgan fingerprint density at radius 1 is 0.955 bits per heavy atom. The van der Waals surface area contributed by atoms with Crippen LogP contribution in [0, 0.1) is 6.92 Å². The fraction of sp³-hybridized carbons (Fsp3) is 0.0556. The van der Waals surface area contributed by atoms with Gasteiger partial charge in [-0.3, -0.25) is 0 Å². The fourth-order valence-corrected chi connectivity index (χ4v) is 3.11. The van der Waals surface area contributed by atoms with E-state index in [9.17, 15) is 0 Å². The number of aryl methyl sites for hydroxylation is 1. The van der Waals surface area contributed by atoms with Crippen molar-refractivity contribution < 1.29 is 0 Å². The quantitative estimate of drug-likeness (QED) is 0.489. The lowest BCUT2D eigenvalue weighted by molar-refractivity contribution is 1.22. The van der Waals surface area contributed by atoms with Crippen molar-refractivity contribution in [3.8, 4) is 0 Å². The second-order valence-corrected chi connectivity index (χ2v) is 6.12. The van der Waals surface area contributed by atoms with Crippen LogP contribution in [0.4, 0.5) is 5.69 Å².